The molecule has 1 fully saturated rings. The lowest BCUT2D eigenvalue weighted by atomic mass is 9.82. The van der Waals surface area contributed by atoms with Gasteiger partial charge in [0.2, 0.25) is 0 Å². The molecule has 0 aromatic heterocycles. The van der Waals surface area contributed by atoms with Gasteiger partial charge in [-0.1, -0.05) is 13.8 Å². The average molecular weight is 227 g/mol. The molecule has 1 saturated heterocycles. The number of aliphatic carboxylic acids is 1. The van der Waals surface area contributed by atoms with Crippen LogP contribution in [0.1, 0.15) is 47.0 Å². The average Bonchev–Trinajstić information content (AvgIpc) is 2.16. The molecule has 16 heavy (non-hydrogen) atoms. The zero-order chi connectivity index (χ0) is 12.4. The first-order valence-corrected chi connectivity index (χ1v) is 6.19. The summed E-state index contributed by atoms with van der Waals surface area (Å²) in [5.74, 6) is -0.690. The normalized spacial score (nSPS) is 22.0. The Hall–Kier alpha value is -0.570. The zero-order valence-corrected chi connectivity index (χ0v) is 11.0. The largest absolute Gasteiger partial charge is 0.481 e. The van der Waals surface area contributed by atoms with Crippen LogP contribution in [-0.2, 0) is 4.79 Å². The lowest BCUT2D eigenvalue weighted by molar-refractivity contribution is -0.147. The molecule has 3 heteroatoms. The van der Waals surface area contributed by atoms with Crippen molar-refractivity contribution in [3.63, 3.8) is 0 Å². The van der Waals surface area contributed by atoms with Crippen LogP contribution in [0.15, 0.2) is 0 Å². The van der Waals surface area contributed by atoms with Gasteiger partial charge in [-0.15, -0.1) is 0 Å². The quantitative estimate of drug-likeness (QED) is 0.802. The predicted molar refractivity (Wildman–Crippen MR) is 65.5 cm³/mol. The number of carbonyl (C=O) groups is 1. The Morgan fingerprint density at radius 3 is 2.25 bits per heavy atom. The first-order chi connectivity index (χ1) is 7.23. The molecule has 0 atom stereocenters. The van der Waals surface area contributed by atoms with E-state index in [1.807, 2.05) is 13.8 Å². The van der Waals surface area contributed by atoms with Crippen LogP contribution in [0.3, 0.4) is 0 Å². The number of hydrogen-bond donors (Lipinski definition) is 1. The Labute approximate surface area is 98.8 Å². The van der Waals surface area contributed by atoms with Gasteiger partial charge in [0.05, 0.1) is 5.41 Å². The molecule has 1 aliphatic heterocycles. The van der Waals surface area contributed by atoms with Crippen molar-refractivity contribution in [1.29, 1.82) is 0 Å². The third-order valence-corrected chi connectivity index (χ3v) is 3.84. The summed E-state index contributed by atoms with van der Waals surface area (Å²) in [4.78, 5) is 13.4. The summed E-state index contributed by atoms with van der Waals surface area (Å²) < 4.78 is 0. The minimum Gasteiger partial charge on any atom is -0.481 e. The van der Waals surface area contributed by atoms with Crippen molar-refractivity contribution in [2.75, 3.05) is 19.6 Å². The first kappa shape index (κ1) is 13.5. The van der Waals surface area contributed by atoms with Crippen LogP contribution in [0.4, 0.5) is 0 Å². The topological polar surface area (TPSA) is 40.5 Å². The fourth-order valence-corrected chi connectivity index (χ4v) is 1.93. The molecule has 3 nitrogen and oxygen atoms in total. The van der Waals surface area contributed by atoms with E-state index in [-0.39, 0.29) is 0 Å². The molecule has 0 aromatic carbocycles. The summed E-state index contributed by atoms with van der Waals surface area (Å²) in [5, 5.41) is 9.04. The molecule has 0 aliphatic carbocycles. The number of piperidine rings is 1. The zero-order valence-electron chi connectivity index (χ0n) is 11.0. The predicted octanol–water partition coefficient (Wildman–Crippen LogP) is 2.61. The molecule has 0 unspecified atom stereocenters. The van der Waals surface area contributed by atoms with Gasteiger partial charge in [0.1, 0.15) is 0 Å². The highest BCUT2D eigenvalue weighted by molar-refractivity contribution is 5.73. The van der Waals surface area contributed by atoms with Gasteiger partial charge in [-0.25, -0.2) is 0 Å². The third-order valence-electron chi connectivity index (χ3n) is 3.84. The molecule has 94 valence electrons. The summed E-state index contributed by atoms with van der Waals surface area (Å²) in [6.07, 6.45) is 3.18. The van der Waals surface area contributed by atoms with Crippen molar-refractivity contribution >= 4 is 5.97 Å². The van der Waals surface area contributed by atoms with E-state index < -0.39 is 11.4 Å². The van der Waals surface area contributed by atoms with E-state index >= 15 is 0 Å². The fourth-order valence-electron chi connectivity index (χ4n) is 1.93. The van der Waals surface area contributed by atoms with Crippen LogP contribution < -0.4 is 0 Å². The van der Waals surface area contributed by atoms with Gasteiger partial charge in [-0.2, -0.15) is 0 Å². The minimum absolute atomic E-state index is 0.471. The molecule has 0 radical (unpaired) electrons. The summed E-state index contributed by atoms with van der Waals surface area (Å²) in [7, 11) is 0. The number of carboxylic acids is 1. The number of hydrogen-bond acceptors (Lipinski definition) is 2. The second-order valence-corrected chi connectivity index (χ2v) is 6.44. The molecule has 1 rings (SSSR count). The number of nitrogens with zero attached hydrogens (tertiary/aromatic N) is 1. The number of carboxylic acid groups (broad SMARTS) is 1. The third kappa shape index (κ3) is 3.78. The van der Waals surface area contributed by atoms with Crippen LogP contribution >= 0.6 is 0 Å². The van der Waals surface area contributed by atoms with Gasteiger partial charge in [-0.05, 0) is 58.2 Å². The highest BCUT2D eigenvalue weighted by Gasteiger charge is 2.30. The maximum atomic E-state index is 11.0. The van der Waals surface area contributed by atoms with E-state index in [0.717, 1.165) is 26.1 Å². The standard InChI is InChI=1S/C13H25NO2/c1-12(2)5-8-14(9-6-12)10-7-13(3,4)11(15)16/h5-10H2,1-4H3,(H,15,16). The fraction of sp³-hybridized carbons (Fsp3) is 0.923. The number of likely N-dealkylation sites (tertiary alicyclic amines) is 1. The van der Waals surface area contributed by atoms with Crippen molar-refractivity contribution < 1.29 is 9.90 Å². The molecule has 1 aliphatic rings. The maximum Gasteiger partial charge on any atom is 0.309 e. The van der Waals surface area contributed by atoms with E-state index in [2.05, 4.69) is 18.7 Å². The van der Waals surface area contributed by atoms with Crippen LogP contribution in [-0.4, -0.2) is 35.6 Å². The molecule has 1 heterocycles. The Kier molecular flexibility index (Phi) is 4.00. The van der Waals surface area contributed by atoms with Gasteiger partial charge in [0, 0.05) is 0 Å². The van der Waals surface area contributed by atoms with Gasteiger partial charge < -0.3 is 10.0 Å². The van der Waals surface area contributed by atoms with Gasteiger partial charge >= 0.3 is 5.97 Å². The first-order valence-electron chi connectivity index (χ1n) is 6.19. The molecule has 1 N–H and O–H groups in total. The Bertz CT molecular complexity index is 249. The van der Waals surface area contributed by atoms with E-state index in [1.165, 1.54) is 12.8 Å². The molecule has 0 saturated carbocycles. The lowest BCUT2D eigenvalue weighted by Gasteiger charge is -2.37. The van der Waals surface area contributed by atoms with Gasteiger partial charge in [0.15, 0.2) is 0 Å². The second kappa shape index (κ2) is 4.74. The van der Waals surface area contributed by atoms with Gasteiger partial charge in [-0.3, -0.25) is 4.79 Å². The Morgan fingerprint density at radius 1 is 1.31 bits per heavy atom. The second-order valence-electron chi connectivity index (χ2n) is 6.44. The molecule has 0 spiro atoms. The smallest absolute Gasteiger partial charge is 0.309 e. The monoisotopic (exact) mass is 227 g/mol. The molecule has 0 bridgehead atoms. The minimum atomic E-state index is -0.690. The Balaban J connectivity index is 2.33. The lowest BCUT2D eigenvalue weighted by Crippen LogP contribution is -2.39. The molecule has 0 amide bonds. The highest BCUT2D eigenvalue weighted by Crippen LogP contribution is 2.30. The van der Waals surface area contributed by atoms with Crippen LogP contribution in [0.2, 0.25) is 0 Å². The Morgan fingerprint density at radius 2 is 1.81 bits per heavy atom. The van der Waals surface area contributed by atoms with E-state index in [9.17, 15) is 4.79 Å². The van der Waals surface area contributed by atoms with Crippen molar-refractivity contribution in [1.82, 2.24) is 4.90 Å². The van der Waals surface area contributed by atoms with Crippen molar-refractivity contribution in [3.8, 4) is 0 Å². The van der Waals surface area contributed by atoms with E-state index in [4.69, 9.17) is 5.11 Å². The highest BCUT2D eigenvalue weighted by atomic mass is 16.4. The van der Waals surface area contributed by atoms with Crippen molar-refractivity contribution in [3.05, 3.63) is 0 Å². The molecule has 0 aromatic rings. The SMILES string of the molecule is CC1(C)CCN(CCC(C)(C)C(=O)O)CC1. The van der Waals surface area contributed by atoms with Crippen molar-refractivity contribution in [2.45, 2.75) is 47.0 Å². The summed E-state index contributed by atoms with van der Waals surface area (Å²) in [6.45, 7) is 11.4. The van der Waals surface area contributed by atoms with Crippen LogP contribution in [0, 0.1) is 10.8 Å². The number of rotatable bonds is 4. The summed E-state index contributed by atoms with van der Waals surface area (Å²) in [6, 6.07) is 0. The van der Waals surface area contributed by atoms with Gasteiger partial charge in [0.25, 0.3) is 0 Å². The summed E-state index contributed by atoms with van der Waals surface area (Å²) >= 11 is 0. The maximum absolute atomic E-state index is 11.0. The van der Waals surface area contributed by atoms with E-state index in [1.54, 1.807) is 0 Å². The van der Waals surface area contributed by atoms with Crippen LogP contribution in [0.25, 0.3) is 0 Å². The van der Waals surface area contributed by atoms with Crippen molar-refractivity contribution in [2.24, 2.45) is 10.8 Å². The molecular formula is C13H25NO2. The summed E-state index contributed by atoms with van der Waals surface area (Å²) in [5.41, 5.74) is -0.119. The van der Waals surface area contributed by atoms with E-state index in [0.29, 0.717) is 5.41 Å². The van der Waals surface area contributed by atoms with Crippen LogP contribution in [0.5, 0.6) is 0 Å². The molecular weight excluding hydrogens is 202 g/mol.